The number of hydrogen-bond acceptors (Lipinski definition) is 5. The van der Waals surface area contributed by atoms with Crippen LogP contribution in [0, 0.1) is 0 Å². The minimum absolute atomic E-state index is 0.0523. The molecule has 0 saturated carbocycles. The highest BCUT2D eigenvalue weighted by Gasteiger charge is 2.59. The van der Waals surface area contributed by atoms with E-state index in [2.05, 4.69) is 45.0 Å². The van der Waals surface area contributed by atoms with E-state index in [1.807, 2.05) is 23.1 Å². The number of thioether (sulfide) groups is 1. The summed E-state index contributed by atoms with van der Waals surface area (Å²) in [4.78, 5) is 30.6. The van der Waals surface area contributed by atoms with Gasteiger partial charge in [-0.3, -0.25) is 9.59 Å². The van der Waals surface area contributed by atoms with Crippen molar-refractivity contribution < 1.29 is 19.1 Å². The van der Waals surface area contributed by atoms with Gasteiger partial charge in [0.25, 0.3) is 11.8 Å². The van der Waals surface area contributed by atoms with Crippen molar-refractivity contribution in [3.8, 4) is 11.5 Å². The zero-order chi connectivity index (χ0) is 26.4. The first-order valence-corrected chi connectivity index (χ1v) is 13.4. The maximum Gasteiger partial charge on any atom is 0.268 e. The van der Waals surface area contributed by atoms with Crippen LogP contribution in [0.3, 0.4) is 0 Å². The molecule has 2 aliphatic heterocycles. The third-order valence-electron chi connectivity index (χ3n) is 7.12. The molecule has 1 spiro atoms. The first-order chi connectivity index (χ1) is 17.7. The van der Waals surface area contributed by atoms with Gasteiger partial charge >= 0.3 is 0 Å². The van der Waals surface area contributed by atoms with E-state index in [1.165, 1.54) is 17.3 Å². The number of ether oxygens (including phenoxy) is 2. The van der Waals surface area contributed by atoms with Gasteiger partial charge in [-0.05, 0) is 52.9 Å². The number of rotatable bonds is 5. The van der Waals surface area contributed by atoms with Crippen LogP contribution in [0.15, 0.2) is 66.7 Å². The molecular formula is C30H32N2O4S. The number of anilines is 1. The fourth-order valence-corrected chi connectivity index (χ4v) is 6.53. The van der Waals surface area contributed by atoms with Gasteiger partial charge in [-0.1, -0.05) is 51.1 Å². The number of carbonyl (C=O) groups is 2. The van der Waals surface area contributed by atoms with E-state index < -0.39 is 4.87 Å². The Hall–Kier alpha value is -3.45. The van der Waals surface area contributed by atoms with E-state index in [9.17, 15) is 9.59 Å². The van der Waals surface area contributed by atoms with E-state index in [0.717, 1.165) is 16.8 Å². The molecular weight excluding hydrogens is 484 g/mol. The molecule has 0 radical (unpaired) electrons. The van der Waals surface area contributed by atoms with Crippen molar-refractivity contribution in [3.05, 3.63) is 89.0 Å². The van der Waals surface area contributed by atoms with E-state index in [0.29, 0.717) is 35.9 Å². The van der Waals surface area contributed by atoms with Crippen LogP contribution in [0.25, 0.3) is 0 Å². The Balaban J connectivity index is 1.55. The molecule has 1 fully saturated rings. The van der Waals surface area contributed by atoms with Crippen LogP contribution < -0.4 is 14.4 Å². The van der Waals surface area contributed by atoms with Gasteiger partial charge in [-0.15, -0.1) is 11.8 Å². The van der Waals surface area contributed by atoms with Gasteiger partial charge in [-0.25, -0.2) is 0 Å². The van der Waals surface area contributed by atoms with Crippen molar-refractivity contribution in [1.29, 1.82) is 0 Å². The lowest BCUT2D eigenvalue weighted by atomic mass is 9.87. The highest BCUT2D eigenvalue weighted by atomic mass is 32.2. The Morgan fingerprint density at radius 3 is 2.35 bits per heavy atom. The number of hydrogen-bond donors (Lipinski definition) is 0. The molecule has 1 unspecified atom stereocenters. The first kappa shape index (κ1) is 25.2. The molecule has 2 amide bonds. The molecule has 5 rings (SSSR count). The van der Waals surface area contributed by atoms with Gasteiger partial charge in [-0.2, -0.15) is 0 Å². The maximum absolute atomic E-state index is 14.3. The lowest BCUT2D eigenvalue weighted by Crippen LogP contribution is -2.50. The van der Waals surface area contributed by atoms with Crippen LogP contribution in [0.4, 0.5) is 5.69 Å². The van der Waals surface area contributed by atoms with Gasteiger partial charge in [0.05, 0.1) is 26.5 Å². The molecule has 2 heterocycles. The molecule has 0 bridgehead atoms. The Morgan fingerprint density at radius 1 is 0.973 bits per heavy atom. The normalized spacial score (nSPS) is 18.9. The molecule has 0 N–H and O–H groups in total. The topological polar surface area (TPSA) is 59.1 Å². The second-order valence-electron chi connectivity index (χ2n) is 10.4. The van der Waals surface area contributed by atoms with Crippen molar-refractivity contribution in [1.82, 2.24) is 4.90 Å². The van der Waals surface area contributed by atoms with Gasteiger partial charge in [0.2, 0.25) is 0 Å². The number of amides is 2. The quantitative estimate of drug-likeness (QED) is 0.443. The highest BCUT2D eigenvalue weighted by molar-refractivity contribution is 8.01. The lowest BCUT2D eigenvalue weighted by molar-refractivity contribution is -0.123. The van der Waals surface area contributed by atoms with Crippen LogP contribution in [-0.2, 0) is 21.6 Å². The molecule has 6 nitrogen and oxygen atoms in total. The summed E-state index contributed by atoms with van der Waals surface area (Å²) in [6.07, 6.45) is 0. The molecule has 3 aromatic rings. The van der Waals surface area contributed by atoms with Crippen LogP contribution in [-0.4, -0.2) is 43.2 Å². The third-order valence-corrected chi connectivity index (χ3v) is 8.54. The summed E-state index contributed by atoms with van der Waals surface area (Å²) in [5, 5.41) is 0. The average Bonchev–Trinajstić information content (AvgIpc) is 3.44. The number of methoxy groups -OCH3 is 2. The summed E-state index contributed by atoms with van der Waals surface area (Å²) in [6.45, 7) is 7.45. The summed E-state index contributed by atoms with van der Waals surface area (Å²) < 4.78 is 10.9. The summed E-state index contributed by atoms with van der Waals surface area (Å²) in [7, 11) is 3.19. The summed E-state index contributed by atoms with van der Waals surface area (Å²) in [5.41, 5.74) is 4.43. The molecule has 1 atom stereocenters. The van der Waals surface area contributed by atoms with Gasteiger partial charge < -0.3 is 19.3 Å². The standard InChI is InChI=1S/C30H32N2O4S/c1-29(2,3)22-11-9-20(10-12-22)19-31-26-14-13-24(36-5)18-25(26)30(28(31)34)32(15-16-37-30)27(33)21-7-6-8-23(17-21)35-4/h6-14,17-18H,15-16,19H2,1-5H3. The van der Waals surface area contributed by atoms with E-state index in [-0.39, 0.29) is 17.2 Å². The molecule has 0 aromatic heterocycles. The Kier molecular flexibility index (Phi) is 6.44. The summed E-state index contributed by atoms with van der Waals surface area (Å²) in [6, 6.07) is 21.2. The smallest absolute Gasteiger partial charge is 0.268 e. The van der Waals surface area contributed by atoms with Crippen LogP contribution in [0.5, 0.6) is 11.5 Å². The summed E-state index contributed by atoms with van der Waals surface area (Å²) in [5.74, 6) is 1.62. The first-order valence-electron chi connectivity index (χ1n) is 12.4. The van der Waals surface area contributed by atoms with Crippen molar-refractivity contribution in [2.75, 3.05) is 31.4 Å². The molecule has 0 aliphatic carbocycles. The maximum atomic E-state index is 14.3. The zero-order valence-electron chi connectivity index (χ0n) is 21.9. The van der Waals surface area contributed by atoms with Crippen molar-refractivity contribution in [2.45, 2.75) is 37.6 Å². The predicted octanol–water partition coefficient (Wildman–Crippen LogP) is 5.59. The second kappa shape index (κ2) is 9.45. The minimum Gasteiger partial charge on any atom is -0.497 e. The van der Waals surface area contributed by atoms with Crippen LogP contribution >= 0.6 is 11.8 Å². The lowest BCUT2D eigenvalue weighted by Gasteiger charge is -2.33. The van der Waals surface area contributed by atoms with E-state index in [4.69, 9.17) is 9.47 Å². The molecule has 1 saturated heterocycles. The fourth-order valence-electron chi connectivity index (χ4n) is 5.08. The minimum atomic E-state index is -1.14. The van der Waals surface area contributed by atoms with E-state index in [1.54, 1.807) is 43.4 Å². The zero-order valence-corrected chi connectivity index (χ0v) is 22.7. The van der Waals surface area contributed by atoms with Crippen LogP contribution in [0.2, 0.25) is 0 Å². The third kappa shape index (κ3) is 4.25. The second-order valence-corrected chi connectivity index (χ2v) is 11.7. The number of benzene rings is 3. The monoisotopic (exact) mass is 516 g/mol. The van der Waals surface area contributed by atoms with Gasteiger partial charge in [0.1, 0.15) is 11.5 Å². The fraction of sp³-hybridized carbons (Fsp3) is 0.333. The molecule has 37 heavy (non-hydrogen) atoms. The number of fused-ring (bicyclic) bond motifs is 2. The van der Waals surface area contributed by atoms with E-state index >= 15 is 0 Å². The van der Waals surface area contributed by atoms with Crippen molar-refractivity contribution in [3.63, 3.8) is 0 Å². The number of nitrogens with zero attached hydrogens (tertiary/aromatic N) is 2. The Bertz CT molecular complexity index is 1350. The van der Waals surface area contributed by atoms with Crippen molar-refractivity contribution in [2.24, 2.45) is 0 Å². The summed E-state index contributed by atoms with van der Waals surface area (Å²) >= 11 is 1.51. The SMILES string of the molecule is COc1cccc(C(=O)N2CCSC23C(=O)N(Cc2ccc(C(C)(C)C)cc2)c2ccc(OC)cc23)c1. The largest absolute Gasteiger partial charge is 0.497 e. The number of carbonyl (C=O) groups excluding carboxylic acids is 2. The highest BCUT2D eigenvalue weighted by Crippen LogP contribution is 2.55. The molecule has 7 heteroatoms. The Labute approximate surface area is 222 Å². The average molecular weight is 517 g/mol. The molecule has 192 valence electrons. The molecule has 3 aromatic carbocycles. The molecule has 2 aliphatic rings. The van der Waals surface area contributed by atoms with Crippen molar-refractivity contribution >= 4 is 29.3 Å². The van der Waals surface area contributed by atoms with Gasteiger partial charge in [0, 0.05) is 23.4 Å². The van der Waals surface area contributed by atoms with Crippen LogP contribution in [0.1, 0.15) is 47.8 Å². The van der Waals surface area contributed by atoms with Gasteiger partial charge in [0.15, 0.2) is 4.87 Å². The predicted molar refractivity (Wildman–Crippen MR) is 147 cm³/mol. The Morgan fingerprint density at radius 2 is 1.68 bits per heavy atom.